The summed E-state index contributed by atoms with van der Waals surface area (Å²) >= 11 is 0. The third kappa shape index (κ3) is 2.53. The van der Waals surface area contributed by atoms with Crippen LogP contribution in [0.3, 0.4) is 0 Å². The first-order valence-electron chi connectivity index (χ1n) is 3.43. The van der Waals surface area contributed by atoms with Crippen molar-refractivity contribution in [1.29, 1.82) is 0 Å². The van der Waals surface area contributed by atoms with Gasteiger partial charge in [0.2, 0.25) is 0 Å². The fraction of sp³-hybridized carbons (Fsp3) is 0.333. The molecule has 0 aliphatic rings. The summed E-state index contributed by atoms with van der Waals surface area (Å²) in [6.45, 7) is 7.43. The van der Waals surface area contributed by atoms with Crippen LogP contribution >= 0.6 is 0 Å². The van der Waals surface area contributed by atoms with Gasteiger partial charge in [0.25, 0.3) is 0 Å². The molecular weight excluding hydrogens is 124 g/mol. The Morgan fingerprint density at radius 3 is 2.50 bits per heavy atom. The van der Waals surface area contributed by atoms with Gasteiger partial charge in [-0.3, -0.25) is 0 Å². The average Bonchev–Trinajstić information content (AvgIpc) is 1.91. The van der Waals surface area contributed by atoms with E-state index in [-0.39, 0.29) is 0 Å². The van der Waals surface area contributed by atoms with Crippen molar-refractivity contribution in [3.63, 3.8) is 0 Å². The Morgan fingerprint density at radius 2 is 2.20 bits per heavy atom. The van der Waals surface area contributed by atoms with Gasteiger partial charge in [-0.05, 0) is 25.0 Å². The molecule has 0 saturated carbocycles. The lowest BCUT2D eigenvalue weighted by molar-refractivity contribution is 0.425. The summed E-state index contributed by atoms with van der Waals surface area (Å²) in [5.41, 5.74) is 0.887. The molecule has 0 spiro atoms. The molecule has 0 heterocycles. The fourth-order valence-electron chi connectivity index (χ4n) is 0.695. The van der Waals surface area contributed by atoms with Gasteiger partial charge in [-0.2, -0.15) is 0 Å². The molecule has 0 bridgehead atoms. The van der Waals surface area contributed by atoms with Crippen LogP contribution in [-0.2, 0) is 0 Å². The van der Waals surface area contributed by atoms with Crippen LogP contribution in [0.15, 0.2) is 36.1 Å². The minimum Gasteiger partial charge on any atom is -0.508 e. The van der Waals surface area contributed by atoms with Gasteiger partial charge in [0, 0.05) is 0 Å². The maximum Gasteiger partial charge on any atom is 0.118 e. The van der Waals surface area contributed by atoms with E-state index in [2.05, 4.69) is 6.58 Å². The van der Waals surface area contributed by atoms with Gasteiger partial charge in [0.15, 0.2) is 0 Å². The molecule has 0 amide bonds. The van der Waals surface area contributed by atoms with Gasteiger partial charge in [0.05, 0.1) is 0 Å². The molecule has 56 valence electrons. The summed E-state index contributed by atoms with van der Waals surface area (Å²) in [6.07, 6.45) is 5.96. The second kappa shape index (κ2) is 4.86. The van der Waals surface area contributed by atoms with Crippen molar-refractivity contribution < 1.29 is 5.11 Å². The normalized spacial score (nSPS) is 13.4. The molecule has 10 heavy (non-hydrogen) atoms. The van der Waals surface area contributed by atoms with Crippen LogP contribution in [0, 0.1) is 0 Å². The van der Waals surface area contributed by atoms with Gasteiger partial charge < -0.3 is 5.11 Å². The molecule has 1 nitrogen and oxygen atoms in total. The molecule has 1 heteroatoms. The van der Waals surface area contributed by atoms with Crippen LogP contribution in [0.1, 0.15) is 20.3 Å². The quantitative estimate of drug-likeness (QED) is 0.469. The van der Waals surface area contributed by atoms with E-state index in [4.69, 9.17) is 0 Å². The largest absolute Gasteiger partial charge is 0.508 e. The van der Waals surface area contributed by atoms with Crippen LogP contribution < -0.4 is 0 Å². The van der Waals surface area contributed by atoms with Gasteiger partial charge in [0.1, 0.15) is 5.76 Å². The van der Waals surface area contributed by atoms with E-state index in [0.29, 0.717) is 5.76 Å². The van der Waals surface area contributed by atoms with Crippen LogP contribution in [0.4, 0.5) is 0 Å². The minimum atomic E-state index is 0.319. The number of hydrogen-bond donors (Lipinski definition) is 1. The summed E-state index contributed by atoms with van der Waals surface area (Å²) in [6, 6.07) is 0. The molecule has 0 aromatic carbocycles. The second-order valence-electron chi connectivity index (χ2n) is 1.97. The first kappa shape index (κ1) is 9.02. The topological polar surface area (TPSA) is 20.2 Å². The molecule has 0 rings (SSSR count). The van der Waals surface area contributed by atoms with Crippen molar-refractivity contribution in [2.45, 2.75) is 20.3 Å². The molecule has 0 aromatic rings. The van der Waals surface area contributed by atoms with E-state index >= 15 is 0 Å². The van der Waals surface area contributed by atoms with E-state index < -0.39 is 0 Å². The standard InChI is InChI=1S/C9H14O/c1-4-7-9(10)8(5-2)6-3/h4-5,7,10H,2,6H2,1,3H3/b7-4-,9-8-. The van der Waals surface area contributed by atoms with Crippen molar-refractivity contribution in [2.75, 3.05) is 0 Å². The summed E-state index contributed by atoms with van der Waals surface area (Å²) < 4.78 is 0. The maximum atomic E-state index is 9.23. The van der Waals surface area contributed by atoms with E-state index in [1.807, 2.05) is 13.8 Å². The smallest absolute Gasteiger partial charge is 0.118 e. The van der Waals surface area contributed by atoms with Crippen molar-refractivity contribution in [1.82, 2.24) is 0 Å². The molecule has 0 atom stereocenters. The van der Waals surface area contributed by atoms with Crippen molar-refractivity contribution in [3.8, 4) is 0 Å². The Balaban J connectivity index is 4.42. The van der Waals surface area contributed by atoms with Gasteiger partial charge >= 0.3 is 0 Å². The molecule has 1 N–H and O–H groups in total. The van der Waals surface area contributed by atoms with Crippen LogP contribution in [-0.4, -0.2) is 5.11 Å². The highest BCUT2D eigenvalue weighted by atomic mass is 16.3. The van der Waals surface area contributed by atoms with Gasteiger partial charge in [-0.15, -0.1) is 0 Å². The predicted octanol–water partition coefficient (Wildman–Crippen LogP) is 2.97. The lowest BCUT2D eigenvalue weighted by atomic mass is 10.1. The number of rotatable bonds is 3. The van der Waals surface area contributed by atoms with Crippen LogP contribution in [0.25, 0.3) is 0 Å². The molecule has 0 aliphatic heterocycles. The van der Waals surface area contributed by atoms with E-state index in [1.54, 1.807) is 18.2 Å². The predicted molar refractivity (Wildman–Crippen MR) is 45.0 cm³/mol. The highest BCUT2D eigenvalue weighted by molar-refractivity contribution is 5.26. The van der Waals surface area contributed by atoms with Gasteiger partial charge in [-0.1, -0.05) is 25.7 Å². The van der Waals surface area contributed by atoms with Crippen molar-refractivity contribution in [2.24, 2.45) is 0 Å². The lowest BCUT2D eigenvalue weighted by Crippen LogP contribution is -1.82. The summed E-state index contributed by atoms with van der Waals surface area (Å²) in [5.74, 6) is 0.319. The van der Waals surface area contributed by atoms with Crippen molar-refractivity contribution >= 4 is 0 Å². The molecule has 0 aromatic heterocycles. The SMILES string of the molecule is C=C/C(CC)=C(O)\C=C/C. The summed E-state index contributed by atoms with van der Waals surface area (Å²) in [5, 5.41) is 9.23. The van der Waals surface area contributed by atoms with E-state index in [1.165, 1.54) is 0 Å². The van der Waals surface area contributed by atoms with Crippen LogP contribution in [0.5, 0.6) is 0 Å². The van der Waals surface area contributed by atoms with Crippen LogP contribution in [0.2, 0.25) is 0 Å². The Kier molecular flexibility index (Phi) is 4.38. The third-order valence-electron chi connectivity index (χ3n) is 1.28. The third-order valence-corrected chi connectivity index (χ3v) is 1.28. The number of aliphatic hydroxyl groups excluding tert-OH is 1. The lowest BCUT2D eigenvalue weighted by Gasteiger charge is -1.97. The Morgan fingerprint density at radius 1 is 1.60 bits per heavy atom. The molecule has 0 unspecified atom stereocenters. The fourth-order valence-corrected chi connectivity index (χ4v) is 0.695. The maximum absolute atomic E-state index is 9.23. The molecule has 0 saturated heterocycles. The molecule has 0 radical (unpaired) electrons. The number of allylic oxidation sites excluding steroid dienone is 4. The summed E-state index contributed by atoms with van der Waals surface area (Å²) in [4.78, 5) is 0. The average molecular weight is 138 g/mol. The highest BCUT2D eigenvalue weighted by Gasteiger charge is 1.92. The van der Waals surface area contributed by atoms with E-state index in [9.17, 15) is 5.11 Å². The Hall–Kier alpha value is -0.980. The zero-order valence-corrected chi connectivity index (χ0v) is 6.59. The van der Waals surface area contributed by atoms with Crippen molar-refractivity contribution in [3.05, 3.63) is 36.1 Å². The van der Waals surface area contributed by atoms with Gasteiger partial charge in [-0.25, -0.2) is 0 Å². The first-order chi connectivity index (χ1) is 4.76. The monoisotopic (exact) mass is 138 g/mol. The number of hydrogen-bond acceptors (Lipinski definition) is 1. The highest BCUT2D eigenvalue weighted by Crippen LogP contribution is 2.07. The molecule has 0 aliphatic carbocycles. The Bertz CT molecular complexity index is 164. The molecular formula is C9H14O. The Labute approximate surface area is 62.4 Å². The number of aliphatic hydroxyl groups is 1. The molecule has 0 fully saturated rings. The zero-order chi connectivity index (χ0) is 7.98. The zero-order valence-electron chi connectivity index (χ0n) is 6.59. The first-order valence-corrected chi connectivity index (χ1v) is 3.43. The van der Waals surface area contributed by atoms with E-state index in [0.717, 1.165) is 12.0 Å². The minimum absolute atomic E-state index is 0.319. The second-order valence-corrected chi connectivity index (χ2v) is 1.97. The summed E-state index contributed by atoms with van der Waals surface area (Å²) in [7, 11) is 0.